The number of hydrogen-bond acceptors (Lipinski definition) is 2. The van der Waals surface area contributed by atoms with Crippen molar-refractivity contribution in [1.82, 2.24) is 0 Å². The van der Waals surface area contributed by atoms with E-state index in [1.807, 2.05) is 6.92 Å². The van der Waals surface area contributed by atoms with Crippen LogP contribution in [0.5, 0.6) is 0 Å². The van der Waals surface area contributed by atoms with Crippen molar-refractivity contribution in [2.75, 3.05) is 0 Å². The summed E-state index contributed by atoms with van der Waals surface area (Å²) in [4.78, 5) is 0. The normalized spacial score (nSPS) is 14.9. The minimum Gasteiger partial charge on any atom is -0.411 e. The summed E-state index contributed by atoms with van der Waals surface area (Å²) in [6.45, 7) is 13.0. The Morgan fingerprint density at radius 2 is 1.53 bits per heavy atom. The summed E-state index contributed by atoms with van der Waals surface area (Å²) in [5.41, 5.74) is 4.04. The van der Waals surface area contributed by atoms with Crippen LogP contribution >= 0.6 is 0 Å². The average Bonchev–Trinajstić information content (AvgIpc) is 2.32. The molecule has 2 nitrogen and oxygen atoms in total. The van der Waals surface area contributed by atoms with Gasteiger partial charge in [-0.2, -0.15) is 0 Å². The number of hydrogen-bond donors (Lipinski definition) is 1. The van der Waals surface area contributed by atoms with Gasteiger partial charge in [-0.05, 0) is 58.3 Å². The molecular weight excluding hydrogens is 234 g/mol. The zero-order valence-corrected chi connectivity index (χ0v) is 13.6. The summed E-state index contributed by atoms with van der Waals surface area (Å²) >= 11 is 0. The van der Waals surface area contributed by atoms with Crippen molar-refractivity contribution in [3.63, 3.8) is 0 Å². The van der Waals surface area contributed by atoms with E-state index in [0.717, 1.165) is 37.8 Å². The summed E-state index contributed by atoms with van der Waals surface area (Å²) in [6.07, 6.45) is 9.89. The molecule has 0 aliphatic carbocycles. The van der Waals surface area contributed by atoms with Crippen LogP contribution in [0, 0.1) is 5.41 Å². The number of allylic oxidation sites excluding steroid dienone is 4. The maximum atomic E-state index is 8.58. The zero-order chi connectivity index (χ0) is 14.9. The lowest BCUT2D eigenvalue weighted by Crippen LogP contribution is -2.02. The van der Waals surface area contributed by atoms with Gasteiger partial charge in [-0.1, -0.05) is 49.2 Å². The smallest absolute Gasteiger partial charge is 0.0543 e. The van der Waals surface area contributed by atoms with Crippen LogP contribution in [0.4, 0.5) is 0 Å². The molecule has 110 valence electrons. The van der Waals surface area contributed by atoms with E-state index < -0.39 is 0 Å². The van der Waals surface area contributed by atoms with Gasteiger partial charge in [-0.25, -0.2) is 0 Å². The Morgan fingerprint density at radius 3 is 2.05 bits per heavy atom. The molecule has 2 heteroatoms. The van der Waals surface area contributed by atoms with Crippen molar-refractivity contribution in [2.45, 2.75) is 73.6 Å². The predicted octanol–water partition coefficient (Wildman–Crippen LogP) is 5.73. The molecule has 0 fully saturated rings. The van der Waals surface area contributed by atoms with Crippen LogP contribution < -0.4 is 0 Å². The van der Waals surface area contributed by atoms with E-state index in [2.05, 4.69) is 51.9 Å². The molecule has 0 spiro atoms. The first kappa shape index (κ1) is 17.9. The highest BCUT2D eigenvalue weighted by Crippen LogP contribution is 2.21. The molecule has 19 heavy (non-hydrogen) atoms. The van der Waals surface area contributed by atoms with Gasteiger partial charge in [-0.15, -0.1) is 0 Å². The van der Waals surface area contributed by atoms with Gasteiger partial charge in [0, 0.05) is 0 Å². The van der Waals surface area contributed by atoms with Crippen molar-refractivity contribution in [3.8, 4) is 0 Å². The molecule has 0 aromatic heterocycles. The molecule has 0 aliphatic heterocycles. The third kappa shape index (κ3) is 11.8. The number of oxime groups is 1. The fourth-order valence-electron chi connectivity index (χ4n) is 1.66. The second kappa shape index (κ2) is 8.95. The van der Waals surface area contributed by atoms with E-state index >= 15 is 0 Å². The maximum Gasteiger partial charge on any atom is 0.0543 e. The summed E-state index contributed by atoms with van der Waals surface area (Å²) in [5.74, 6) is 0. The second-order valence-electron chi connectivity index (χ2n) is 6.74. The molecule has 0 heterocycles. The van der Waals surface area contributed by atoms with Gasteiger partial charge < -0.3 is 5.21 Å². The predicted molar refractivity (Wildman–Crippen MR) is 84.9 cm³/mol. The van der Waals surface area contributed by atoms with E-state index in [-0.39, 0.29) is 0 Å². The van der Waals surface area contributed by atoms with Crippen molar-refractivity contribution >= 4 is 5.71 Å². The van der Waals surface area contributed by atoms with Crippen molar-refractivity contribution in [1.29, 1.82) is 0 Å². The van der Waals surface area contributed by atoms with Crippen LogP contribution in [0.25, 0.3) is 0 Å². The third-order valence-electron chi connectivity index (χ3n) is 3.15. The van der Waals surface area contributed by atoms with E-state index in [1.165, 1.54) is 11.1 Å². The molecule has 0 saturated heterocycles. The summed E-state index contributed by atoms with van der Waals surface area (Å²) in [6, 6.07) is 0. The standard InChI is InChI=1S/C17H31NO/c1-14(10-11-16(3)18-19)8-7-9-15(2)12-13-17(4,5)6/h8,12,19H,7,9-11,13H2,1-6H3/b14-8+,15-12+,18-16+. The fourth-order valence-corrected chi connectivity index (χ4v) is 1.66. The van der Waals surface area contributed by atoms with Crippen LogP contribution in [-0.4, -0.2) is 10.9 Å². The Balaban J connectivity index is 4.00. The lowest BCUT2D eigenvalue weighted by atomic mass is 9.91. The van der Waals surface area contributed by atoms with Crippen LogP contribution in [0.1, 0.15) is 73.6 Å². The van der Waals surface area contributed by atoms with Crippen molar-refractivity contribution in [2.24, 2.45) is 10.6 Å². The van der Waals surface area contributed by atoms with Gasteiger partial charge >= 0.3 is 0 Å². The zero-order valence-electron chi connectivity index (χ0n) is 13.6. The molecule has 0 bridgehead atoms. The van der Waals surface area contributed by atoms with E-state index in [4.69, 9.17) is 5.21 Å². The Labute approximate surface area is 119 Å². The molecule has 0 aromatic rings. The Morgan fingerprint density at radius 1 is 0.947 bits per heavy atom. The Hall–Kier alpha value is -1.05. The average molecular weight is 265 g/mol. The number of nitrogens with zero attached hydrogens (tertiary/aromatic N) is 1. The molecule has 0 rings (SSSR count). The highest BCUT2D eigenvalue weighted by Gasteiger charge is 2.07. The summed E-state index contributed by atoms with van der Waals surface area (Å²) in [7, 11) is 0. The van der Waals surface area contributed by atoms with Crippen LogP contribution in [0.3, 0.4) is 0 Å². The van der Waals surface area contributed by atoms with Gasteiger partial charge in [-0.3, -0.25) is 0 Å². The Bertz CT molecular complexity index is 343. The molecule has 0 atom stereocenters. The largest absolute Gasteiger partial charge is 0.411 e. The minimum absolute atomic E-state index is 0.383. The molecule has 0 aromatic carbocycles. The van der Waals surface area contributed by atoms with Gasteiger partial charge in [0.05, 0.1) is 5.71 Å². The SMILES string of the molecule is C/C(=C\CC(C)(C)C)CC/C=C(\C)CC/C(C)=N/O. The third-order valence-corrected chi connectivity index (χ3v) is 3.15. The lowest BCUT2D eigenvalue weighted by Gasteiger charge is -2.15. The lowest BCUT2D eigenvalue weighted by molar-refractivity contribution is 0.317. The van der Waals surface area contributed by atoms with Crippen LogP contribution in [0.15, 0.2) is 28.5 Å². The Kier molecular flexibility index (Phi) is 8.46. The van der Waals surface area contributed by atoms with Crippen LogP contribution in [-0.2, 0) is 0 Å². The monoisotopic (exact) mass is 265 g/mol. The second-order valence-corrected chi connectivity index (χ2v) is 6.74. The van der Waals surface area contributed by atoms with Crippen molar-refractivity contribution in [3.05, 3.63) is 23.3 Å². The first-order chi connectivity index (χ1) is 8.74. The van der Waals surface area contributed by atoms with Crippen LogP contribution in [0.2, 0.25) is 0 Å². The van der Waals surface area contributed by atoms with Gasteiger partial charge in [0.15, 0.2) is 0 Å². The van der Waals surface area contributed by atoms with E-state index in [1.54, 1.807) is 0 Å². The minimum atomic E-state index is 0.383. The molecule has 0 saturated carbocycles. The molecule has 0 radical (unpaired) electrons. The van der Waals surface area contributed by atoms with Gasteiger partial charge in [0.2, 0.25) is 0 Å². The molecule has 0 aliphatic rings. The van der Waals surface area contributed by atoms with Crippen molar-refractivity contribution < 1.29 is 5.21 Å². The van der Waals surface area contributed by atoms with E-state index in [0.29, 0.717) is 5.41 Å². The highest BCUT2D eigenvalue weighted by molar-refractivity contribution is 5.81. The molecule has 0 unspecified atom stereocenters. The fraction of sp³-hybridized carbons (Fsp3) is 0.706. The first-order valence-corrected chi connectivity index (χ1v) is 7.23. The summed E-state index contributed by atoms with van der Waals surface area (Å²) < 4.78 is 0. The highest BCUT2D eigenvalue weighted by atomic mass is 16.4. The maximum absolute atomic E-state index is 8.58. The topological polar surface area (TPSA) is 32.6 Å². The van der Waals surface area contributed by atoms with Gasteiger partial charge in [0.25, 0.3) is 0 Å². The molecular formula is C17H31NO. The first-order valence-electron chi connectivity index (χ1n) is 7.23. The van der Waals surface area contributed by atoms with E-state index in [9.17, 15) is 0 Å². The molecule has 0 amide bonds. The quantitative estimate of drug-likeness (QED) is 0.271. The summed E-state index contributed by atoms with van der Waals surface area (Å²) in [5, 5.41) is 11.8. The molecule has 1 N–H and O–H groups in total. The van der Waals surface area contributed by atoms with Gasteiger partial charge in [0.1, 0.15) is 0 Å². The number of rotatable bonds is 7.